The fraction of sp³-hybridized carbons (Fsp3) is 0.308. The van der Waals surface area contributed by atoms with Gasteiger partial charge in [0.1, 0.15) is 5.01 Å². The molecule has 0 aliphatic heterocycles. The largest absolute Gasteiger partial charge is 0.399 e. The van der Waals surface area contributed by atoms with Gasteiger partial charge in [0, 0.05) is 12.1 Å². The Morgan fingerprint density at radius 2 is 2.10 bits per heavy atom. The molecule has 0 saturated heterocycles. The minimum atomic E-state index is -0.415. The topological polar surface area (TPSA) is 80.9 Å². The minimum Gasteiger partial charge on any atom is -0.399 e. The summed E-state index contributed by atoms with van der Waals surface area (Å²) >= 11 is 13.3. The molecule has 0 bridgehead atoms. The van der Waals surface area contributed by atoms with Gasteiger partial charge in [0.15, 0.2) is 0 Å². The van der Waals surface area contributed by atoms with Gasteiger partial charge in [-0.2, -0.15) is 0 Å². The van der Waals surface area contributed by atoms with Crippen molar-refractivity contribution in [3.05, 3.63) is 32.7 Å². The zero-order chi connectivity index (χ0) is 15.6. The Balaban J connectivity index is 2.16. The SMILES string of the molecule is CC(C)Cc1nnc(NC(=O)c2cc(N)cc(Cl)c2Cl)s1. The molecule has 0 saturated carbocycles. The second-order valence-electron chi connectivity index (χ2n) is 4.92. The molecule has 2 rings (SSSR count). The molecule has 8 heteroatoms. The second kappa shape index (κ2) is 6.60. The molecule has 1 aromatic heterocycles. The van der Waals surface area contributed by atoms with E-state index in [1.807, 2.05) is 0 Å². The number of anilines is 2. The number of nitrogens with two attached hydrogens (primary N) is 1. The van der Waals surface area contributed by atoms with Gasteiger partial charge in [-0.25, -0.2) is 0 Å². The van der Waals surface area contributed by atoms with Crippen molar-refractivity contribution < 1.29 is 4.79 Å². The molecule has 21 heavy (non-hydrogen) atoms. The summed E-state index contributed by atoms with van der Waals surface area (Å²) in [6.45, 7) is 4.18. The summed E-state index contributed by atoms with van der Waals surface area (Å²) in [6, 6.07) is 2.96. The average molecular weight is 345 g/mol. The van der Waals surface area contributed by atoms with Crippen molar-refractivity contribution in [2.24, 2.45) is 5.92 Å². The summed E-state index contributed by atoms with van der Waals surface area (Å²) in [5.41, 5.74) is 6.25. The van der Waals surface area contributed by atoms with Crippen LogP contribution >= 0.6 is 34.5 Å². The number of aromatic nitrogens is 2. The number of halogens is 2. The minimum absolute atomic E-state index is 0.162. The monoisotopic (exact) mass is 344 g/mol. The van der Waals surface area contributed by atoms with Crippen LogP contribution in [0.5, 0.6) is 0 Å². The summed E-state index contributed by atoms with van der Waals surface area (Å²) in [5, 5.41) is 12.3. The molecule has 3 N–H and O–H groups in total. The molecule has 1 aromatic carbocycles. The molecule has 0 unspecified atom stereocenters. The summed E-state index contributed by atoms with van der Waals surface area (Å²) in [7, 11) is 0. The molecule has 112 valence electrons. The predicted octanol–water partition coefficient (Wildman–Crippen LogP) is 3.88. The fourth-order valence-corrected chi connectivity index (χ4v) is 3.05. The summed E-state index contributed by atoms with van der Waals surface area (Å²) in [6.07, 6.45) is 0.818. The lowest BCUT2D eigenvalue weighted by Gasteiger charge is -2.06. The van der Waals surface area contributed by atoms with E-state index in [9.17, 15) is 4.79 Å². The standard InChI is InChI=1S/C13H14Cl2N4OS/c1-6(2)3-10-18-19-13(21-10)17-12(20)8-4-7(16)5-9(14)11(8)15/h4-6H,3,16H2,1-2H3,(H,17,19,20). The molecule has 0 aliphatic carbocycles. The van der Waals surface area contributed by atoms with Crippen molar-refractivity contribution >= 4 is 51.3 Å². The van der Waals surface area contributed by atoms with Gasteiger partial charge >= 0.3 is 0 Å². The number of amides is 1. The molecule has 5 nitrogen and oxygen atoms in total. The number of benzene rings is 1. The van der Waals surface area contributed by atoms with E-state index in [1.165, 1.54) is 23.5 Å². The lowest BCUT2D eigenvalue weighted by atomic mass is 10.1. The van der Waals surface area contributed by atoms with E-state index in [0.29, 0.717) is 16.7 Å². The maximum Gasteiger partial charge on any atom is 0.259 e. The van der Waals surface area contributed by atoms with Crippen LogP contribution in [-0.4, -0.2) is 16.1 Å². The van der Waals surface area contributed by atoms with Crippen molar-refractivity contribution in [3.63, 3.8) is 0 Å². The Hall–Kier alpha value is -1.37. The average Bonchev–Trinajstić information content (AvgIpc) is 2.80. The third kappa shape index (κ3) is 4.06. The van der Waals surface area contributed by atoms with Crippen LogP contribution in [0.25, 0.3) is 0 Å². The van der Waals surface area contributed by atoms with Gasteiger partial charge in [-0.1, -0.05) is 48.4 Å². The normalized spacial score (nSPS) is 10.9. The summed E-state index contributed by atoms with van der Waals surface area (Å²) in [4.78, 5) is 12.2. The first-order valence-electron chi connectivity index (χ1n) is 6.25. The smallest absolute Gasteiger partial charge is 0.259 e. The highest BCUT2D eigenvalue weighted by atomic mass is 35.5. The maximum atomic E-state index is 12.2. The fourth-order valence-electron chi connectivity index (χ4n) is 1.68. The van der Waals surface area contributed by atoms with E-state index >= 15 is 0 Å². The number of nitrogens with one attached hydrogen (secondary N) is 1. The third-order valence-corrected chi connectivity index (χ3v) is 4.23. The second-order valence-corrected chi connectivity index (χ2v) is 6.76. The van der Waals surface area contributed by atoms with Crippen molar-refractivity contribution in [1.29, 1.82) is 0 Å². The molecule has 0 aliphatic rings. The van der Waals surface area contributed by atoms with Crippen LogP contribution in [0.2, 0.25) is 10.0 Å². The van der Waals surface area contributed by atoms with E-state index in [4.69, 9.17) is 28.9 Å². The number of rotatable bonds is 4. The Kier molecular flexibility index (Phi) is 5.03. The van der Waals surface area contributed by atoms with Crippen LogP contribution in [0.1, 0.15) is 29.2 Å². The predicted molar refractivity (Wildman–Crippen MR) is 87.3 cm³/mol. The highest BCUT2D eigenvalue weighted by Gasteiger charge is 2.16. The first-order chi connectivity index (χ1) is 9.86. The first-order valence-corrected chi connectivity index (χ1v) is 7.82. The Labute approximate surface area is 136 Å². The van der Waals surface area contributed by atoms with Crippen molar-refractivity contribution in [3.8, 4) is 0 Å². The number of nitrogens with zero attached hydrogens (tertiary/aromatic N) is 2. The van der Waals surface area contributed by atoms with Crippen molar-refractivity contribution in [1.82, 2.24) is 10.2 Å². The van der Waals surface area contributed by atoms with E-state index in [1.54, 1.807) is 0 Å². The lowest BCUT2D eigenvalue weighted by Crippen LogP contribution is -2.13. The number of carbonyl (C=O) groups excluding carboxylic acids is 1. The summed E-state index contributed by atoms with van der Waals surface area (Å²) < 4.78 is 0. The van der Waals surface area contributed by atoms with Crippen LogP contribution in [0.3, 0.4) is 0 Å². The van der Waals surface area contributed by atoms with Crippen LogP contribution in [-0.2, 0) is 6.42 Å². The number of hydrogen-bond donors (Lipinski definition) is 2. The van der Waals surface area contributed by atoms with E-state index in [2.05, 4.69) is 29.4 Å². The molecular formula is C13H14Cl2N4OS. The number of carbonyl (C=O) groups is 1. The van der Waals surface area contributed by atoms with Gasteiger partial charge < -0.3 is 5.73 Å². The Morgan fingerprint density at radius 1 is 1.38 bits per heavy atom. The Morgan fingerprint density at radius 3 is 2.76 bits per heavy atom. The Bertz CT molecular complexity index is 672. The zero-order valence-corrected chi connectivity index (χ0v) is 13.8. The molecule has 2 aromatic rings. The lowest BCUT2D eigenvalue weighted by molar-refractivity contribution is 0.102. The number of hydrogen-bond acceptors (Lipinski definition) is 5. The van der Waals surface area contributed by atoms with Crippen LogP contribution in [0, 0.1) is 5.92 Å². The van der Waals surface area contributed by atoms with E-state index in [0.717, 1.165) is 11.4 Å². The third-order valence-electron chi connectivity index (χ3n) is 2.57. The van der Waals surface area contributed by atoms with Crippen LogP contribution in [0.15, 0.2) is 12.1 Å². The highest BCUT2D eigenvalue weighted by Crippen LogP contribution is 2.29. The van der Waals surface area contributed by atoms with Gasteiger partial charge in [-0.15, -0.1) is 10.2 Å². The molecule has 0 spiro atoms. The molecular weight excluding hydrogens is 331 g/mol. The van der Waals surface area contributed by atoms with Crippen molar-refractivity contribution in [2.45, 2.75) is 20.3 Å². The van der Waals surface area contributed by atoms with Crippen LogP contribution < -0.4 is 11.1 Å². The maximum absolute atomic E-state index is 12.2. The van der Waals surface area contributed by atoms with Crippen LogP contribution in [0.4, 0.5) is 10.8 Å². The molecule has 0 atom stereocenters. The quantitative estimate of drug-likeness (QED) is 0.824. The van der Waals surface area contributed by atoms with Gasteiger partial charge in [0.2, 0.25) is 5.13 Å². The van der Waals surface area contributed by atoms with Gasteiger partial charge in [-0.3, -0.25) is 10.1 Å². The van der Waals surface area contributed by atoms with Gasteiger partial charge in [0.25, 0.3) is 5.91 Å². The van der Waals surface area contributed by atoms with Crippen molar-refractivity contribution in [2.75, 3.05) is 11.1 Å². The molecule has 0 fully saturated rings. The molecule has 1 heterocycles. The number of nitrogen functional groups attached to an aromatic ring is 1. The van der Waals surface area contributed by atoms with E-state index in [-0.39, 0.29) is 15.6 Å². The zero-order valence-electron chi connectivity index (χ0n) is 11.5. The highest BCUT2D eigenvalue weighted by molar-refractivity contribution is 7.15. The van der Waals surface area contributed by atoms with Gasteiger partial charge in [-0.05, 0) is 18.1 Å². The first kappa shape index (κ1) is 16.0. The van der Waals surface area contributed by atoms with E-state index < -0.39 is 5.91 Å². The molecule has 0 radical (unpaired) electrons. The van der Waals surface area contributed by atoms with Gasteiger partial charge in [0.05, 0.1) is 15.6 Å². The summed E-state index contributed by atoms with van der Waals surface area (Å²) in [5.74, 6) is 0.0603. The molecule has 1 amide bonds.